The van der Waals surface area contributed by atoms with Gasteiger partial charge in [0.2, 0.25) is 0 Å². The number of amides is 1. The van der Waals surface area contributed by atoms with Crippen molar-refractivity contribution in [2.24, 2.45) is 5.73 Å². The van der Waals surface area contributed by atoms with Gasteiger partial charge < -0.3 is 30.2 Å². The highest BCUT2D eigenvalue weighted by atomic mass is 16.5. The molecule has 0 spiro atoms. The molecule has 2 aromatic carbocycles. The average molecular weight is 447 g/mol. The third kappa shape index (κ3) is 4.51. The summed E-state index contributed by atoms with van der Waals surface area (Å²) in [6.07, 6.45) is 0. The van der Waals surface area contributed by atoms with Crippen molar-refractivity contribution in [1.82, 2.24) is 24.8 Å². The Morgan fingerprint density at radius 1 is 1.09 bits per heavy atom. The first-order chi connectivity index (χ1) is 15.7. The first-order valence-electron chi connectivity index (χ1n) is 9.80. The third-order valence-corrected chi connectivity index (χ3v) is 4.59. The molecule has 0 aliphatic carbocycles. The van der Waals surface area contributed by atoms with E-state index >= 15 is 0 Å². The Morgan fingerprint density at radius 2 is 1.88 bits per heavy atom. The summed E-state index contributed by atoms with van der Waals surface area (Å²) >= 11 is 0. The van der Waals surface area contributed by atoms with E-state index in [2.05, 4.69) is 19.9 Å². The Hall–Kier alpha value is -4.67. The van der Waals surface area contributed by atoms with Crippen LogP contribution < -0.4 is 15.2 Å². The van der Waals surface area contributed by atoms with Gasteiger partial charge in [-0.1, -0.05) is 6.07 Å². The Morgan fingerprint density at radius 3 is 2.61 bits per heavy atom. The van der Waals surface area contributed by atoms with Crippen molar-refractivity contribution >= 4 is 22.9 Å². The van der Waals surface area contributed by atoms with E-state index in [-0.39, 0.29) is 40.8 Å². The zero-order valence-electron chi connectivity index (χ0n) is 18.1. The van der Waals surface area contributed by atoms with E-state index in [0.717, 1.165) is 0 Å². The van der Waals surface area contributed by atoms with Crippen molar-refractivity contribution in [1.29, 1.82) is 5.41 Å². The van der Waals surface area contributed by atoms with Crippen LogP contribution in [0.15, 0.2) is 42.5 Å². The maximum absolute atomic E-state index is 12.3. The maximum atomic E-state index is 12.3. The molecule has 0 fully saturated rings. The number of phenolic OH excluding ortho intramolecular Hbond substituents is 1. The predicted octanol–water partition coefficient (Wildman–Crippen LogP) is 2.94. The topological polar surface area (TPSA) is 163 Å². The molecular formula is C22H21N7O4. The molecule has 11 heteroatoms. The van der Waals surface area contributed by atoms with E-state index < -0.39 is 0 Å². The van der Waals surface area contributed by atoms with Crippen LogP contribution in [0.1, 0.15) is 21.7 Å². The SMILES string of the molecule is Cc1nc2nc(Oc3cc(C(=N)N)ccc3O)nc(Oc3cccc(C(=O)N(C)C)c3)c2[nH]1. The van der Waals surface area contributed by atoms with Crippen LogP contribution in [0.2, 0.25) is 0 Å². The summed E-state index contributed by atoms with van der Waals surface area (Å²) in [5.74, 6) is 0.554. The number of imidazole rings is 1. The molecule has 0 aliphatic rings. The summed E-state index contributed by atoms with van der Waals surface area (Å²) in [6.45, 7) is 1.75. The molecule has 168 valence electrons. The Kier molecular flexibility index (Phi) is 5.53. The molecule has 1 amide bonds. The van der Waals surface area contributed by atoms with Gasteiger partial charge in [0.15, 0.2) is 17.1 Å². The number of phenols is 1. The number of aryl methyl sites for hydroxylation is 1. The number of rotatable bonds is 6. The predicted molar refractivity (Wildman–Crippen MR) is 120 cm³/mol. The number of carbonyl (C=O) groups is 1. The van der Waals surface area contributed by atoms with Crippen LogP contribution in [-0.4, -0.2) is 55.8 Å². The lowest BCUT2D eigenvalue weighted by molar-refractivity contribution is 0.0827. The van der Waals surface area contributed by atoms with Crippen LogP contribution in [-0.2, 0) is 0 Å². The number of aromatic nitrogens is 4. The van der Waals surface area contributed by atoms with Gasteiger partial charge in [-0.25, -0.2) is 4.98 Å². The molecule has 0 atom stereocenters. The monoisotopic (exact) mass is 447 g/mol. The lowest BCUT2D eigenvalue weighted by atomic mass is 10.2. The standard InChI is InChI=1S/C22H21N7O4/c1-11-25-17-19(26-11)27-22(33-16-10-12(18(23)24)7-8-15(16)30)28-20(17)32-14-6-4-5-13(9-14)21(31)29(2)3/h4-10,30H,1-3H3,(H3,23,24)(H,25,26,27,28). The number of aromatic amines is 1. The smallest absolute Gasteiger partial charge is 0.327 e. The maximum Gasteiger partial charge on any atom is 0.327 e. The quantitative estimate of drug-likeness (QED) is 0.259. The summed E-state index contributed by atoms with van der Waals surface area (Å²) in [5.41, 5.74) is 7.05. The molecule has 2 aromatic heterocycles. The van der Waals surface area contributed by atoms with Crippen LogP contribution in [0.3, 0.4) is 0 Å². The second-order valence-corrected chi connectivity index (χ2v) is 7.36. The number of fused-ring (bicyclic) bond motifs is 1. The molecule has 5 N–H and O–H groups in total. The van der Waals surface area contributed by atoms with Crippen molar-refractivity contribution in [3.8, 4) is 29.1 Å². The van der Waals surface area contributed by atoms with Gasteiger partial charge >= 0.3 is 6.01 Å². The van der Waals surface area contributed by atoms with Gasteiger partial charge in [-0.3, -0.25) is 10.2 Å². The number of nitrogens with two attached hydrogens (primary N) is 1. The summed E-state index contributed by atoms with van der Waals surface area (Å²) < 4.78 is 11.6. The normalized spacial score (nSPS) is 10.8. The van der Waals surface area contributed by atoms with Gasteiger partial charge in [0, 0.05) is 25.2 Å². The highest BCUT2D eigenvalue weighted by Gasteiger charge is 2.17. The van der Waals surface area contributed by atoms with Gasteiger partial charge in [0.05, 0.1) is 0 Å². The zero-order valence-corrected chi connectivity index (χ0v) is 18.1. The van der Waals surface area contributed by atoms with E-state index in [1.54, 1.807) is 45.3 Å². The largest absolute Gasteiger partial charge is 0.504 e. The summed E-state index contributed by atoms with van der Waals surface area (Å²) in [7, 11) is 3.33. The summed E-state index contributed by atoms with van der Waals surface area (Å²) in [4.78, 5) is 29.7. The minimum absolute atomic E-state index is 0.0128. The van der Waals surface area contributed by atoms with E-state index in [4.69, 9.17) is 20.6 Å². The molecule has 0 aliphatic heterocycles. The number of hydrogen-bond acceptors (Lipinski definition) is 8. The Bertz CT molecular complexity index is 1380. The van der Waals surface area contributed by atoms with Gasteiger partial charge in [0.25, 0.3) is 11.8 Å². The van der Waals surface area contributed by atoms with Crippen molar-refractivity contribution < 1.29 is 19.4 Å². The average Bonchev–Trinajstić information content (AvgIpc) is 3.15. The van der Waals surface area contributed by atoms with Crippen LogP contribution in [0.4, 0.5) is 0 Å². The fourth-order valence-electron chi connectivity index (χ4n) is 3.01. The fourth-order valence-corrected chi connectivity index (χ4v) is 3.01. The molecule has 0 saturated heterocycles. The van der Waals surface area contributed by atoms with Crippen molar-refractivity contribution in [3.63, 3.8) is 0 Å². The van der Waals surface area contributed by atoms with E-state index in [1.165, 1.54) is 23.1 Å². The second kappa shape index (κ2) is 8.46. The van der Waals surface area contributed by atoms with Gasteiger partial charge in [0.1, 0.15) is 22.9 Å². The van der Waals surface area contributed by atoms with Crippen LogP contribution in [0, 0.1) is 12.3 Å². The van der Waals surface area contributed by atoms with E-state index in [9.17, 15) is 9.90 Å². The molecule has 0 bridgehead atoms. The number of aromatic hydroxyl groups is 1. The molecular weight excluding hydrogens is 426 g/mol. The number of carbonyl (C=O) groups excluding carboxylic acids is 1. The Labute approximate surface area is 188 Å². The number of ether oxygens (including phenoxy) is 2. The zero-order chi connectivity index (χ0) is 23.7. The summed E-state index contributed by atoms with van der Waals surface area (Å²) in [6, 6.07) is 10.8. The second-order valence-electron chi connectivity index (χ2n) is 7.36. The molecule has 2 heterocycles. The van der Waals surface area contributed by atoms with Crippen molar-refractivity contribution in [2.75, 3.05) is 14.1 Å². The highest BCUT2D eigenvalue weighted by Crippen LogP contribution is 2.33. The van der Waals surface area contributed by atoms with Crippen LogP contribution in [0.5, 0.6) is 29.1 Å². The van der Waals surface area contributed by atoms with Crippen molar-refractivity contribution in [3.05, 3.63) is 59.4 Å². The molecule has 0 radical (unpaired) electrons. The number of nitrogens with zero attached hydrogens (tertiary/aromatic N) is 4. The number of nitrogen functional groups attached to an aromatic ring is 1. The number of amidine groups is 1. The van der Waals surface area contributed by atoms with Gasteiger partial charge in [-0.05, 0) is 43.3 Å². The summed E-state index contributed by atoms with van der Waals surface area (Å²) in [5, 5.41) is 17.7. The lowest BCUT2D eigenvalue weighted by Gasteiger charge is -2.12. The fraction of sp³-hybridized carbons (Fsp3) is 0.136. The molecule has 0 unspecified atom stereocenters. The lowest BCUT2D eigenvalue weighted by Crippen LogP contribution is -2.21. The molecule has 4 rings (SSSR count). The number of benzene rings is 2. The van der Waals surface area contributed by atoms with E-state index in [0.29, 0.717) is 28.2 Å². The molecule has 11 nitrogen and oxygen atoms in total. The first kappa shape index (κ1) is 21.6. The first-order valence-corrected chi connectivity index (χ1v) is 9.80. The number of H-pyrrole nitrogens is 1. The number of nitrogens with one attached hydrogen (secondary N) is 2. The van der Waals surface area contributed by atoms with Crippen molar-refractivity contribution in [2.45, 2.75) is 6.92 Å². The minimum atomic E-state index is -0.185. The van der Waals surface area contributed by atoms with Crippen LogP contribution in [0.25, 0.3) is 11.2 Å². The third-order valence-electron chi connectivity index (χ3n) is 4.59. The molecule has 4 aromatic rings. The molecule has 0 saturated carbocycles. The van der Waals surface area contributed by atoms with Gasteiger partial charge in [-0.15, -0.1) is 0 Å². The molecule has 33 heavy (non-hydrogen) atoms. The minimum Gasteiger partial charge on any atom is -0.504 e. The van der Waals surface area contributed by atoms with Crippen LogP contribution >= 0.6 is 0 Å². The Balaban J connectivity index is 1.73. The highest BCUT2D eigenvalue weighted by molar-refractivity contribution is 5.95. The van der Waals surface area contributed by atoms with Gasteiger partial charge in [-0.2, -0.15) is 9.97 Å². The number of hydrogen-bond donors (Lipinski definition) is 4. The van der Waals surface area contributed by atoms with E-state index in [1.807, 2.05) is 0 Å².